The zero-order chi connectivity index (χ0) is 27.1. The van der Waals surface area contributed by atoms with Crippen LogP contribution in [0.1, 0.15) is 30.0 Å². The van der Waals surface area contributed by atoms with Gasteiger partial charge in [-0.15, -0.1) is 21.5 Å². The third kappa shape index (κ3) is 6.53. The van der Waals surface area contributed by atoms with E-state index in [2.05, 4.69) is 15.5 Å². The minimum absolute atomic E-state index is 0.0453. The molecule has 2 aromatic heterocycles. The number of hydrogen-bond acceptors (Lipinski definition) is 8. The molecule has 8 nitrogen and oxygen atoms in total. The van der Waals surface area contributed by atoms with Crippen molar-refractivity contribution in [3.8, 4) is 16.9 Å². The van der Waals surface area contributed by atoms with E-state index < -0.39 is 11.8 Å². The van der Waals surface area contributed by atoms with E-state index in [9.17, 15) is 14.0 Å². The van der Waals surface area contributed by atoms with Crippen molar-refractivity contribution < 1.29 is 23.5 Å². The number of rotatable bonds is 11. The van der Waals surface area contributed by atoms with E-state index in [4.69, 9.17) is 21.1 Å². The summed E-state index contributed by atoms with van der Waals surface area (Å²) < 4.78 is 26.0. The summed E-state index contributed by atoms with van der Waals surface area (Å²) in [6, 6.07) is 13.3. The van der Waals surface area contributed by atoms with Crippen molar-refractivity contribution in [3.05, 3.63) is 76.1 Å². The molecule has 0 saturated heterocycles. The van der Waals surface area contributed by atoms with Gasteiger partial charge in [-0.2, -0.15) is 0 Å². The van der Waals surface area contributed by atoms with Gasteiger partial charge in [0.15, 0.2) is 11.0 Å². The number of carbonyl (C=O) groups is 2. The molecule has 2 heterocycles. The number of nitrogens with one attached hydrogen (secondary N) is 1. The van der Waals surface area contributed by atoms with Gasteiger partial charge >= 0.3 is 5.97 Å². The van der Waals surface area contributed by atoms with Crippen LogP contribution >= 0.6 is 34.7 Å². The maximum absolute atomic E-state index is 13.3. The fraction of sp³-hybridized carbons (Fsp3) is 0.231. The molecule has 4 aromatic rings. The molecular formula is C26H24ClFN4O4S2. The molecule has 38 heavy (non-hydrogen) atoms. The molecule has 4 rings (SSSR count). The number of esters is 1. The van der Waals surface area contributed by atoms with Crippen LogP contribution in [0.5, 0.6) is 5.75 Å². The number of aromatic nitrogens is 3. The molecule has 0 atom stereocenters. The zero-order valence-electron chi connectivity index (χ0n) is 20.6. The lowest BCUT2D eigenvalue weighted by atomic mass is 10.0. The van der Waals surface area contributed by atoms with E-state index in [1.807, 2.05) is 47.2 Å². The second-order valence-electron chi connectivity index (χ2n) is 7.78. The molecule has 0 radical (unpaired) electrons. The van der Waals surface area contributed by atoms with Crippen LogP contribution < -0.4 is 10.1 Å². The Balaban J connectivity index is 1.43. The number of carbonyl (C=O) groups excluding carboxylic acids is 2. The topological polar surface area (TPSA) is 95.3 Å². The normalized spacial score (nSPS) is 10.8. The van der Waals surface area contributed by atoms with Gasteiger partial charge in [-0.3, -0.25) is 4.79 Å². The minimum Gasteiger partial charge on any atom is -0.484 e. The van der Waals surface area contributed by atoms with Crippen LogP contribution in [0.3, 0.4) is 0 Å². The molecule has 2 aromatic carbocycles. The molecule has 0 bridgehead atoms. The lowest BCUT2D eigenvalue weighted by molar-refractivity contribution is -0.113. The van der Waals surface area contributed by atoms with Gasteiger partial charge in [0.1, 0.15) is 28.7 Å². The Labute approximate surface area is 232 Å². The highest BCUT2D eigenvalue weighted by molar-refractivity contribution is 7.99. The van der Waals surface area contributed by atoms with Crippen LogP contribution in [0.25, 0.3) is 11.1 Å². The van der Waals surface area contributed by atoms with Gasteiger partial charge in [0.2, 0.25) is 5.91 Å². The largest absolute Gasteiger partial charge is 0.484 e. The molecule has 0 aliphatic rings. The van der Waals surface area contributed by atoms with Crippen molar-refractivity contribution in [3.63, 3.8) is 0 Å². The van der Waals surface area contributed by atoms with Gasteiger partial charge in [0.05, 0.1) is 17.4 Å². The van der Waals surface area contributed by atoms with Crippen molar-refractivity contribution in [2.75, 3.05) is 17.7 Å². The molecule has 0 spiro atoms. The number of benzene rings is 2. The number of ether oxygens (including phenoxy) is 2. The van der Waals surface area contributed by atoms with E-state index in [1.54, 1.807) is 6.92 Å². The molecule has 0 saturated carbocycles. The Hall–Kier alpha value is -3.41. The van der Waals surface area contributed by atoms with E-state index in [1.165, 1.54) is 41.3 Å². The summed E-state index contributed by atoms with van der Waals surface area (Å²) in [5.74, 6) is -0.342. The summed E-state index contributed by atoms with van der Waals surface area (Å²) in [5, 5.41) is 14.1. The van der Waals surface area contributed by atoms with Crippen LogP contribution in [-0.4, -0.2) is 39.0 Å². The zero-order valence-corrected chi connectivity index (χ0v) is 23.0. The number of thioether (sulfide) groups is 1. The summed E-state index contributed by atoms with van der Waals surface area (Å²) >= 11 is 8.50. The van der Waals surface area contributed by atoms with Gasteiger partial charge in [0.25, 0.3) is 0 Å². The van der Waals surface area contributed by atoms with Crippen LogP contribution in [0, 0.1) is 5.82 Å². The van der Waals surface area contributed by atoms with Crippen LogP contribution in [0.4, 0.5) is 9.39 Å². The fourth-order valence-electron chi connectivity index (χ4n) is 3.56. The monoisotopic (exact) mass is 574 g/mol. The average molecular weight is 575 g/mol. The first-order chi connectivity index (χ1) is 18.4. The van der Waals surface area contributed by atoms with Gasteiger partial charge in [-0.1, -0.05) is 53.7 Å². The number of hydrogen-bond donors (Lipinski definition) is 1. The number of halogens is 2. The van der Waals surface area contributed by atoms with Gasteiger partial charge in [0, 0.05) is 17.5 Å². The van der Waals surface area contributed by atoms with Crippen molar-refractivity contribution in [2.24, 2.45) is 0 Å². The summed E-state index contributed by atoms with van der Waals surface area (Å²) in [6.07, 6.45) is 0. The molecule has 12 heteroatoms. The third-order valence-corrected chi connectivity index (χ3v) is 7.46. The summed E-state index contributed by atoms with van der Waals surface area (Å²) in [4.78, 5) is 25.6. The highest BCUT2D eigenvalue weighted by Gasteiger charge is 2.23. The van der Waals surface area contributed by atoms with E-state index in [0.717, 1.165) is 5.56 Å². The predicted octanol–water partition coefficient (Wildman–Crippen LogP) is 6.31. The Bertz CT molecular complexity index is 1430. The summed E-state index contributed by atoms with van der Waals surface area (Å²) in [5.41, 5.74) is 1.89. The first-order valence-corrected chi connectivity index (χ1v) is 13.9. The molecule has 0 fully saturated rings. The van der Waals surface area contributed by atoms with E-state index in [0.29, 0.717) is 39.4 Å². The van der Waals surface area contributed by atoms with E-state index in [-0.39, 0.29) is 29.9 Å². The van der Waals surface area contributed by atoms with Crippen molar-refractivity contribution in [2.45, 2.75) is 32.2 Å². The van der Waals surface area contributed by atoms with Crippen LogP contribution in [0.2, 0.25) is 5.02 Å². The maximum atomic E-state index is 13.3. The van der Waals surface area contributed by atoms with Crippen molar-refractivity contribution >= 4 is 51.6 Å². The number of amides is 1. The lowest BCUT2D eigenvalue weighted by Gasteiger charge is -2.10. The number of anilines is 1. The quantitative estimate of drug-likeness (QED) is 0.166. The molecule has 1 amide bonds. The SMILES string of the molecule is CCOC(=O)c1c(-c2ccccc2)csc1NC(=O)CSc1nnc(COc2ccc(F)cc2Cl)n1CC. The minimum atomic E-state index is -0.493. The van der Waals surface area contributed by atoms with Crippen molar-refractivity contribution in [1.29, 1.82) is 0 Å². The molecule has 0 unspecified atom stereocenters. The highest BCUT2D eigenvalue weighted by Crippen LogP contribution is 2.36. The van der Waals surface area contributed by atoms with Crippen LogP contribution in [0.15, 0.2) is 59.1 Å². The van der Waals surface area contributed by atoms with Gasteiger partial charge in [-0.25, -0.2) is 9.18 Å². The highest BCUT2D eigenvalue weighted by atomic mass is 35.5. The summed E-state index contributed by atoms with van der Waals surface area (Å²) in [7, 11) is 0. The maximum Gasteiger partial charge on any atom is 0.341 e. The van der Waals surface area contributed by atoms with Gasteiger partial charge in [-0.05, 0) is 37.6 Å². The molecule has 0 aliphatic carbocycles. The van der Waals surface area contributed by atoms with E-state index >= 15 is 0 Å². The second-order valence-corrected chi connectivity index (χ2v) is 10.0. The summed E-state index contributed by atoms with van der Waals surface area (Å²) in [6.45, 7) is 4.49. The smallest absolute Gasteiger partial charge is 0.341 e. The lowest BCUT2D eigenvalue weighted by Crippen LogP contribution is -2.17. The van der Waals surface area contributed by atoms with Crippen LogP contribution in [-0.2, 0) is 22.7 Å². The Morgan fingerprint density at radius 1 is 1.16 bits per heavy atom. The Morgan fingerprint density at radius 3 is 2.66 bits per heavy atom. The second kappa shape index (κ2) is 12.9. The first kappa shape index (κ1) is 27.6. The molecule has 1 N–H and O–H groups in total. The van der Waals surface area contributed by atoms with Gasteiger partial charge < -0.3 is 19.4 Å². The standard InChI is InChI=1S/C26H24ClFN4O4S2/c1-3-32-21(13-36-20-11-10-17(28)12-19(20)27)30-31-26(32)38-15-22(33)29-24-23(25(34)35-4-2)18(14-37-24)16-8-6-5-7-9-16/h5-12,14H,3-4,13,15H2,1-2H3,(H,29,33). The van der Waals surface area contributed by atoms with Crippen molar-refractivity contribution in [1.82, 2.24) is 14.8 Å². The number of thiophene rings is 1. The fourth-order valence-corrected chi connectivity index (χ4v) is 5.58. The average Bonchev–Trinajstić information content (AvgIpc) is 3.51. The molecule has 0 aliphatic heterocycles. The molecular weight excluding hydrogens is 551 g/mol. The molecule has 198 valence electrons. The first-order valence-electron chi connectivity index (χ1n) is 11.7. The Morgan fingerprint density at radius 2 is 1.95 bits per heavy atom. The predicted molar refractivity (Wildman–Crippen MR) is 147 cm³/mol. The Kier molecular flexibility index (Phi) is 9.38. The number of nitrogens with zero attached hydrogens (tertiary/aromatic N) is 3. The third-order valence-electron chi connectivity index (χ3n) is 5.30.